The average Bonchev–Trinajstić information content (AvgIpc) is 3.31. The lowest BCUT2D eigenvalue weighted by Gasteiger charge is -2.31. The molecule has 4 rings (SSSR count). The van der Waals surface area contributed by atoms with E-state index >= 15 is 0 Å². The van der Waals surface area contributed by atoms with Crippen molar-refractivity contribution in [2.45, 2.75) is 32.2 Å². The zero-order valence-electron chi connectivity index (χ0n) is 19.6. The van der Waals surface area contributed by atoms with Crippen molar-refractivity contribution in [3.05, 3.63) is 42.7 Å². The Bertz CT molecular complexity index is 1050. The van der Waals surface area contributed by atoms with Crippen molar-refractivity contribution in [3.8, 4) is 28.1 Å². The van der Waals surface area contributed by atoms with Gasteiger partial charge in [0.25, 0.3) is 0 Å². The molecule has 0 spiro atoms. The first kappa shape index (κ1) is 24.1. The van der Waals surface area contributed by atoms with Gasteiger partial charge in [-0.15, -0.1) is 10.2 Å². The van der Waals surface area contributed by atoms with Crippen LogP contribution in [0.1, 0.15) is 25.7 Å². The van der Waals surface area contributed by atoms with Crippen LogP contribution in [0.15, 0.2) is 42.7 Å². The van der Waals surface area contributed by atoms with Crippen LogP contribution in [0.2, 0.25) is 0 Å². The first-order valence-electron chi connectivity index (χ1n) is 12.1. The largest absolute Gasteiger partial charge is 0.507 e. The van der Waals surface area contributed by atoms with E-state index < -0.39 is 0 Å². The number of phenols is 1. The number of rotatable bonds is 11. The van der Waals surface area contributed by atoms with Gasteiger partial charge >= 0.3 is 0 Å². The van der Waals surface area contributed by atoms with Crippen molar-refractivity contribution in [2.24, 2.45) is 11.7 Å². The molecule has 0 unspecified atom stereocenters. The Morgan fingerprint density at radius 3 is 2.65 bits per heavy atom. The number of aromatic hydroxyl groups is 1. The minimum Gasteiger partial charge on any atom is -0.507 e. The Hall–Kier alpha value is -3.01. The Morgan fingerprint density at radius 1 is 1.06 bits per heavy atom. The molecule has 9 nitrogen and oxygen atoms in total. The predicted molar refractivity (Wildman–Crippen MR) is 133 cm³/mol. The highest BCUT2D eigenvalue weighted by Gasteiger charge is 2.20. The number of hydrogen-bond acceptors (Lipinski definition) is 8. The highest BCUT2D eigenvalue weighted by molar-refractivity contribution is 5.78. The molecule has 1 aromatic carbocycles. The van der Waals surface area contributed by atoms with E-state index in [1.54, 1.807) is 12.1 Å². The summed E-state index contributed by atoms with van der Waals surface area (Å²) in [4.78, 5) is 2.53. The van der Waals surface area contributed by atoms with E-state index in [-0.39, 0.29) is 5.75 Å². The third-order valence-corrected chi connectivity index (χ3v) is 6.35. The van der Waals surface area contributed by atoms with Crippen LogP contribution in [-0.2, 0) is 11.3 Å². The van der Waals surface area contributed by atoms with E-state index in [0.29, 0.717) is 29.5 Å². The van der Waals surface area contributed by atoms with E-state index in [4.69, 9.17) is 16.2 Å². The molecule has 1 fully saturated rings. The van der Waals surface area contributed by atoms with Crippen molar-refractivity contribution in [3.63, 3.8) is 0 Å². The van der Waals surface area contributed by atoms with Crippen molar-refractivity contribution in [1.82, 2.24) is 24.9 Å². The second-order valence-electron chi connectivity index (χ2n) is 8.89. The number of hydrogen-bond donors (Lipinski definition) is 3. The molecule has 2 aromatic heterocycles. The maximum atomic E-state index is 10.2. The molecule has 1 aliphatic heterocycles. The van der Waals surface area contributed by atoms with Gasteiger partial charge < -0.3 is 26.2 Å². The molecule has 5 N–H and O–H groups in total. The Balaban J connectivity index is 1.30. The van der Waals surface area contributed by atoms with Gasteiger partial charge in [-0.25, -0.2) is 0 Å². The molecule has 3 aromatic rings. The van der Waals surface area contributed by atoms with Crippen LogP contribution in [0, 0.1) is 5.92 Å². The van der Waals surface area contributed by atoms with Crippen LogP contribution in [-0.4, -0.2) is 69.4 Å². The van der Waals surface area contributed by atoms with Gasteiger partial charge in [-0.05, 0) is 69.4 Å². The monoisotopic (exact) mass is 465 g/mol. The third-order valence-electron chi connectivity index (χ3n) is 6.35. The number of piperidine rings is 1. The zero-order chi connectivity index (χ0) is 23.8. The Kier molecular flexibility index (Phi) is 8.46. The molecule has 0 radical (unpaired) electrons. The van der Waals surface area contributed by atoms with Crippen LogP contribution in [0.5, 0.6) is 5.75 Å². The van der Waals surface area contributed by atoms with Gasteiger partial charge in [0.05, 0.1) is 11.9 Å². The number of ether oxygens (including phenoxy) is 1. The van der Waals surface area contributed by atoms with Crippen molar-refractivity contribution in [1.29, 1.82) is 0 Å². The van der Waals surface area contributed by atoms with Gasteiger partial charge in [0, 0.05) is 49.2 Å². The summed E-state index contributed by atoms with van der Waals surface area (Å²) in [5.41, 5.74) is 14.5. The van der Waals surface area contributed by atoms with Crippen molar-refractivity contribution < 1.29 is 9.84 Å². The van der Waals surface area contributed by atoms with E-state index in [1.807, 2.05) is 35.3 Å². The fourth-order valence-electron chi connectivity index (χ4n) is 4.39. The van der Waals surface area contributed by atoms with Gasteiger partial charge in [0.2, 0.25) is 0 Å². The number of nitrogen functional groups attached to an aromatic ring is 1. The minimum absolute atomic E-state index is 0.161. The normalized spacial score (nSPS) is 15.1. The molecule has 0 aliphatic carbocycles. The summed E-state index contributed by atoms with van der Waals surface area (Å²) < 4.78 is 7.60. The first-order valence-corrected chi connectivity index (χ1v) is 12.1. The van der Waals surface area contributed by atoms with Gasteiger partial charge in [-0.1, -0.05) is 12.1 Å². The molecular weight excluding hydrogens is 430 g/mol. The van der Waals surface area contributed by atoms with E-state index in [0.717, 1.165) is 63.4 Å². The van der Waals surface area contributed by atoms with E-state index in [9.17, 15) is 5.11 Å². The third kappa shape index (κ3) is 6.31. The molecule has 34 heavy (non-hydrogen) atoms. The molecule has 1 aliphatic rings. The number of likely N-dealkylation sites (tertiary alicyclic amines) is 1. The summed E-state index contributed by atoms with van der Waals surface area (Å²) in [7, 11) is 0. The maximum Gasteiger partial charge on any atom is 0.154 e. The standard InChI is InChI=1S/C25H35N7O2/c26-9-3-13-34-14-4-10-31-11-7-19(8-12-31)17-32-18-20(16-28-32)22-15-23(29-30-25(22)27)21-5-1-2-6-24(21)33/h1-2,5-6,15-16,18-19,33H,3-4,7-14,17,26H2,(H2,27,30). The molecule has 1 saturated heterocycles. The molecule has 0 saturated carbocycles. The number of anilines is 1. The lowest BCUT2D eigenvalue weighted by atomic mass is 9.97. The smallest absolute Gasteiger partial charge is 0.154 e. The van der Waals surface area contributed by atoms with Crippen LogP contribution in [0.3, 0.4) is 0 Å². The van der Waals surface area contributed by atoms with Gasteiger partial charge in [0.1, 0.15) is 5.75 Å². The number of nitrogens with two attached hydrogens (primary N) is 2. The van der Waals surface area contributed by atoms with Crippen molar-refractivity contribution >= 4 is 5.82 Å². The molecule has 3 heterocycles. The maximum absolute atomic E-state index is 10.2. The van der Waals surface area contributed by atoms with Gasteiger partial charge in [-0.3, -0.25) is 4.68 Å². The number of aromatic nitrogens is 4. The van der Waals surface area contributed by atoms with Crippen LogP contribution < -0.4 is 11.5 Å². The number of benzene rings is 1. The SMILES string of the molecule is NCCCOCCCN1CCC(Cn2cc(-c3cc(-c4ccccc4O)nnc3N)cn2)CC1. The van der Waals surface area contributed by atoms with Crippen LogP contribution in [0.25, 0.3) is 22.4 Å². The second kappa shape index (κ2) is 11.9. The summed E-state index contributed by atoms with van der Waals surface area (Å²) in [5.74, 6) is 1.11. The second-order valence-corrected chi connectivity index (χ2v) is 8.89. The minimum atomic E-state index is 0.161. The molecule has 182 valence electrons. The summed E-state index contributed by atoms with van der Waals surface area (Å²) in [6, 6.07) is 8.93. The molecular formula is C25H35N7O2. The van der Waals surface area contributed by atoms with Crippen LogP contribution in [0.4, 0.5) is 5.82 Å². The number of phenolic OH excluding ortho intramolecular Hbond substituents is 1. The lowest BCUT2D eigenvalue weighted by Crippen LogP contribution is -2.36. The topological polar surface area (TPSA) is 128 Å². The van der Waals surface area contributed by atoms with Crippen molar-refractivity contribution in [2.75, 3.05) is 45.1 Å². The number of para-hydroxylation sites is 1. The molecule has 9 heteroatoms. The molecule has 0 bridgehead atoms. The quantitative estimate of drug-likeness (QED) is 0.369. The summed E-state index contributed by atoms with van der Waals surface area (Å²) in [6.07, 6.45) is 8.18. The first-order chi connectivity index (χ1) is 16.6. The van der Waals surface area contributed by atoms with Crippen LogP contribution >= 0.6 is 0 Å². The highest BCUT2D eigenvalue weighted by atomic mass is 16.5. The fourth-order valence-corrected chi connectivity index (χ4v) is 4.39. The molecule has 0 atom stereocenters. The fraction of sp³-hybridized carbons (Fsp3) is 0.480. The van der Waals surface area contributed by atoms with E-state index in [1.165, 1.54) is 12.8 Å². The number of nitrogens with zero attached hydrogens (tertiary/aromatic N) is 5. The molecule has 0 amide bonds. The van der Waals surface area contributed by atoms with E-state index in [2.05, 4.69) is 20.2 Å². The lowest BCUT2D eigenvalue weighted by molar-refractivity contribution is 0.109. The summed E-state index contributed by atoms with van der Waals surface area (Å²) in [6.45, 7) is 6.49. The average molecular weight is 466 g/mol. The highest BCUT2D eigenvalue weighted by Crippen LogP contribution is 2.32. The predicted octanol–water partition coefficient (Wildman–Crippen LogP) is 2.76. The summed E-state index contributed by atoms with van der Waals surface area (Å²) in [5, 5.41) is 23.0. The van der Waals surface area contributed by atoms with Gasteiger partial charge in [0.15, 0.2) is 5.82 Å². The Morgan fingerprint density at radius 2 is 1.85 bits per heavy atom. The zero-order valence-corrected chi connectivity index (χ0v) is 19.6. The van der Waals surface area contributed by atoms with Gasteiger partial charge in [-0.2, -0.15) is 5.10 Å². The summed E-state index contributed by atoms with van der Waals surface area (Å²) >= 11 is 0. The Labute approximate surface area is 200 Å².